The number of nitrogens with one attached hydrogen (secondary N) is 2. The number of nitrogens with zero attached hydrogens (tertiary/aromatic N) is 2. The summed E-state index contributed by atoms with van der Waals surface area (Å²) < 4.78 is 0. The fourth-order valence-corrected chi connectivity index (χ4v) is 2.01. The van der Waals surface area contributed by atoms with Gasteiger partial charge in [-0.15, -0.1) is 0 Å². The Labute approximate surface area is 121 Å². The summed E-state index contributed by atoms with van der Waals surface area (Å²) in [5.74, 6) is -0.431. The zero-order chi connectivity index (χ0) is 15.0. The van der Waals surface area contributed by atoms with Gasteiger partial charge in [-0.3, -0.25) is 20.4 Å². The standard InChI is InChI=1S/C15H16N4O2/c1-8-9(2)17-13-7-11(5-6-12(13)16-8)15(21)19-18-14(20)10-3-4-10/h5-7,10H,3-4H2,1-2H3,(H,18,20)(H,19,21). The highest BCUT2D eigenvalue weighted by molar-refractivity contribution is 5.98. The minimum absolute atomic E-state index is 0.0541. The molecule has 1 heterocycles. The predicted molar refractivity (Wildman–Crippen MR) is 77.3 cm³/mol. The minimum atomic E-state index is -0.356. The molecule has 1 aliphatic rings. The maximum absolute atomic E-state index is 12.0. The Morgan fingerprint density at radius 1 is 1.05 bits per heavy atom. The van der Waals surface area contributed by atoms with Gasteiger partial charge in [0, 0.05) is 11.5 Å². The second-order valence-corrected chi connectivity index (χ2v) is 5.32. The molecule has 0 unspecified atom stereocenters. The molecule has 1 aliphatic carbocycles. The number of hydrazine groups is 1. The van der Waals surface area contributed by atoms with Gasteiger partial charge in [-0.1, -0.05) is 0 Å². The number of benzene rings is 1. The first-order chi connectivity index (χ1) is 10.0. The van der Waals surface area contributed by atoms with Crippen LogP contribution in [-0.2, 0) is 4.79 Å². The lowest BCUT2D eigenvalue weighted by atomic mass is 10.1. The molecule has 1 aromatic heterocycles. The first kappa shape index (κ1) is 13.5. The highest BCUT2D eigenvalue weighted by Crippen LogP contribution is 2.28. The second kappa shape index (κ2) is 5.12. The van der Waals surface area contributed by atoms with Gasteiger partial charge in [0.05, 0.1) is 22.4 Å². The molecule has 21 heavy (non-hydrogen) atoms. The molecule has 1 saturated carbocycles. The van der Waals surface area contributed by atoms with E-state index in [1.165, 1.54) is 0 Å². The van der Waals surface area contributed by atoms with Crippen LogP contribution in [-0.4, -0.2) is 21.8 Å². The number of carbonyl (C=O) groups excluding carboxylic acids is 2. The van der Waals surface area contributed by atoms with Crippen molar-refractivity contribution in [1.82, 2.24) is 20.8 Å². The van der Waals surface area contributed by atoms with Gasteiger partial charge in [0.2, 0.25) is 5.91 Å². The Morgan fingerprint density at radius 3 is 2.38 bits per heavy atom. The van der Waals surface area contributed by atoms with E-state index >= 15 is 0 Å². The molecule has 2 N–H and O–H groups in total. The summed E-state index contributed by atoms with van der Waals surface area (Å²) in [6, 6.07) is 5.10. The molecule has 0 spiro atoms. The van der Waals surface area contributed by atoms with E-state index in [0.717, 1.165) is 29.7 Å². The summed E-state index contributed by atoms with van der Waals surface area (Å²) in [7, 11) is 0. The summed E-state index contributed by atoms with van der Waals surface area (Å²) in [6.45, 7) is 3.78. The van der Waals surface area contributed by atoms with Crippen molar-refractivity contribution >= 4 is 22.8 Å². The lowest BCUT2D eigenvalue weighted by Gasteiger charge is -2.08. The monoisotopic (exact) mass is 284 g/mol. The van der Waals surface area contributed by atoms with Gasteiger partial charge in [-0.05, 0) is 44.9 Å². The third-order valence-corrected chi connectivity index (χ3v) is 3.58. The average Bonchev–Trinajstić information content (AvgIpc) is 3.30. The smallest absolute Gasteiger partial charge is 0.269 e. The van der Waals surface area contributed by atoms with Crippen molar-refractivity contribution in [1.29, 1.82) is 0 Å². The van der Waals surface area contributed by atoms with Gasteiger partial charge in [-0.2, -0.15) is 0 Å². The topological polar surface area (TPSA) is 84.0 Å². The number of carbonyl (C=O) groups is 2. The zero-order valence-electron chi connectivity index (χ0n) is 11.9. The third-order valence-electron chi connectivity index (χ3n) is 3.58. The first-order valence-electron chi connectivity index (χ1n) is 6.90. The Balaban J connectivity index is 1.78. The Kier molecular flexibility index (Phi) is 3.29. The Bertz CT molecular complexity index is 738. The number of hydrogen-bond donors (Lipinski definition) is 2. The zero-order valence-corrected chi connectivity index (χ0v) is 11.9. The lowest BCUT2D eigenvalue weighted by molar-refractivity contribution is -0.123. The van der Waals surface area contributed by atoms with E-state index in [9.17, 15) is 9.59 Å². The van der Waals surface area contributed by atoms with Crippen molar-refractivity contribution in [3.63, 3.8) is 0 Å². The van der Waals surface area contributed by atoms with Gasteiger partial charge in [0.15, 0.2) is 0 Å². The summed E-state index contributed by atoms with van der Waals surface area (Å²) in [5.41, 5.74) is 8.42. The van der Waals surface area contributed by atoms with E-state index < -0.39 is 0 Å². The molecule has 1 aromatic carbocycles. The van der Waals surface area contributed by atoms with Crippen LogP contribution in [0.5, 0.6) is 0 Å². The highest BCUT2D eigenvalue weighted by atomic mass is 16.2. The lowest BCUT2D eigenvalue weighted by Crippen LogP contribution is -2.42. The fourth-order valence-electron chi connectivity index (χ4n) is 2.01. The molecule has 0 saturated heterocycles. The molecule has 2 aromatic rings. The molecule has 0 atom stereocenters. The van der Waals surface area contributed by atoms with E-state index in [-0.39, 0.29) is 17.7 Å². The van der Waals surface area contributed by atoms with Crippen molar-refractivity contribution in [3.8, 4) is 0 Å². The van der Waals surface area contributed by atoms with Crippen LogP contribution in [0.25, 0.3) is 11.0 Å². The molecule has 3 rings (SSSR count). The van der Waals surface area contributed by atoms with Gasteiger partial charge in [-0.25, -0.2) is 9.97 Å². The number of aryl methyl sites for hydroxylation is 2. The summed E-state index contributed by atoms with van der Waals surface area (Å²) >= 11 is 0. The van der Waals surface area contributed by atoms with Crippen LogP contribution in [0.1, 0.15) is 34.6 Å². The summed E-state index contributed by atoms with van der Waals surface area (Å²) in [4.78, 5) is 32.3. The van der Waals surface area contributed by atoms with E-state index in [1.807, 2.05) is 13.8 Å². The van der Waals surface area contributed by atoms with Crippen molar-refractivity contribution in [2.45, 2.75) is 26.7 Å². The van der Waals surface area contributed by atoms with Crippen molar-refractivity contribution in [2.24, 2.45) is 5.92 Å². The van der Waals surface area contributed by atoms with E-state index in [4.69, 9.17) is 0 Å². The average molecular weight is 284 g/mol. The van der Waals surface area contributed by atoms with Gasteiger partial charge in [0.1, 0.15) is 0 Å². The molecular weight excluding hydrogens is 268 g/mol. The van der Waals surface area contributed by atoms with E-state index in [0.29, 0.717) is 11.1 Å². The molecule has 108 valence electrons. The second-order valence-electron chi connectivity index (χ2n) is 5.32. The largest absolute Gasteiger partial charge is 0.273 e. The quantitative estimate of drug-likeness (QED) is 0.817. The van der Waals surface area contributed by atoms with E-state index in [2.05, 4.69) is 20.8 Å². The van der Waals surface area contributed by atoms with Crippen LogP contribution in [0.3, 0.4) is 0 Å². The molecule has 0 bridgehead atoms. The van der Waals surface area contributed by atoms with Crippen LogP contribution in [0.15, 0.2) is 18.2 Å². The van der Waals surface area contributed by atoms with Crippen LogP contribution in [0.2, 0.25) is 0 Å². The molecule has 1 fully saturated rings. The fraction of sp³-hybridized carbons (Fsp3) is 0.333. The van der Waals surface area contributed by atoms with Crippen LogP contribution in [0, 0.1) is 19.8 Å². The maximum Gasteiger partial charge on any atom is 0.269 e. The molecule has 2 amide bonds. The third kappa shape index (κ3) is 2.84. The summed E-state index contributed by atoms with van der Waals surface area (Å²) in [5, 5.41) is 0. The number of hydrogen-bond acceptors (Lipinski definition) is 4. The number of amides is 2. The van der Waals surface area contributed by atoms with Crippen LogP contribution in [0.4, 0.5) is 0 Å². The Hall–Kier alpha value is -2.50. The van der Waals surface area contributed by atoms with E-state index in [1.54, 1.807) is 18.2 Å². The normalized spacial score (nSPS) is 14.0. The van der Waals surface area contributed by atoms with Gasteiger partial charge in [0.25, 0.3) is 5.91 Å². The number of fused-ring (bicyclic) bond motifs is 1. The van der Waals surface area contributed by atoms with Crippen LogP contribution >= 0.6 is 0 Å². The first-order valence-corrected chi connectivity index (χ1v) is 6.90. The molecule has 6 heteroatoms. The molecule has 0 radical (unpaired) electrons. The van der Waals surface area contributed by atoms with Gasteiger partial charge < -0.3 is 0 Å². The van der Waals surface area contributed by atoms with Crippen LogP contribution < -0.4 is 10.9 Å². The molecular formula is C15H16N4O2. The summed E-state index contributed by atoms with van der Waals surface area (Å²) in [6.07, 6.45) is 1.79. The molecule has 6 nitrogen and oxygen atoms in total. The van der Waals surface area contributed by atoms with Crippen molar-refractivity contribution in [2.75, 3.05) is 0 Å². The maximum atomic E-state index is 12.0. The highest BCUT2D eigenvalue weighted by Gasteiger charge is 2.29. The minimum Gasteiger partial charge on any atom is -0.273 e. The predicted octanol–water partition coefficient (Wildman–Crippen LogP) is 1.42. The van der Waals surface area contributed by atoms with Crippen molar-refractivity contribution in [3.05, 3.63) is 35.2 Å². The molecule has 0 aliphatic heterocycles. The number of aromatic nitrogens is 2. The van der Waals surface area contributed by atoms with Gasteiger partial charge >= 0.3 is 0 Å². The SMILES string of the molecule is Cc1nc2ccc(C(=O)NNC(=O)C3CC3)cc2nc1C. The number of rotatable bonds is 2. The Morgan fingerprint density at radius 2 is 1.71 bits per heavy atom. The van der Waals surface area contributed by atoms with Crippen molar-refractivity contribution < 1.29 is 9.59 Å².